The molecule has 0 amide bonds. The molecule has 1 saturated heterocycles. The number of allylic oxidation sites excluding steroid dienone is 1. The van der Waals surface area contributed by atoms with E-state index in [4.69, 9.17) is 0 Å². The molecule has 1 nitrogen and oxygen atoms in total. The van der Waals surface area contributed by atoms with Crippen LogP contribution in [0.2, 0.25) is 0 Å². The third kappa shape index (κ3) is 2.11. The van der Waals surface area contributed by atoms with Gasteiger partial charge in [0.1, 0.15) is 0 Å². The van der Waals surface area contributed by atoms with Gasteiger partial charge in [-0.15, -0.1) is 0 Å². The van der Waals surface area contributed by atoms with Crippen molar-refractivity contribution in [3.05, 3.63) is 35.9 Å². The van der Waals surface area contributed by atoms with Gasteiger partial charge in [-0.1, -0.05) is 31.2 Å². The highest BCUT2D eigenvalue weighted by atomic mass is 15.3. The molecule has 13 heavy (non-hydrogen) atoms. The van der Waals surface area contributed by atoms with Gasteiger partial charge in [0.2, 0.25) is 0 Å². The molecule has 1 aliphatic rings. The van der Waals surface area contributed by atoms with Crippen molar-refractivity contribution in [1.82, 2.24) is 0 Å². The number of rotatable bonds is 3. The zero-order valence-electron chi connectivity index (χ0n) is 8.03. The van der Waals surface area contributed by atoms with Crippen molar-refractivity contribution in [3.63, 3.8) is 0 Å². The molecule has 0 saturated carbocycles. The number of hydrogen-bond acceptors (Lipinski definition) is 1. The maximum absolute atomic E-state index is 2.35. The van der Waals surface area contributed by atoms with E-state index in [1.807, 2.05) is 0 Å². The molecule has 1 aromatic rings. The van der Waals surface area contributed by atoms with Crippen molar-refractivity contribution < 1.29 is 0 Å². The Balaban J connectivity index is 2.08. The fourth-order valence-corrected chi connectivity index (χ4v) is 1.36. The van der Waals surface area contributed by atoms with Gasteiger partial charge in [0, 0.05) is 18.8 Å². The van der Waals surface area contributed by atoms with Crippen LogP contribution in [0.5, 0.6) is 0 Å². The summed E-state index contributed by atoms with van der Waals surface area (Å²) in [6, 6.07) is 8.75. The predicted molar refractivity (Wildman–Crippen MR) is 58.0 cm³/mol. The molecule has 0 bridgehead atoms. The molecule has 0 N–H and O–H groups in total. The average molecular weight is 173 g/mol. The van der Waals surface area contributed by atoms with Crippen molar-refractivity contribution >= 4 is 11.8 Å². The molecule has 0 aromatic heterocycles. The monoisotopic (exact) mass is 173 g/mol. The zero-order valence-corrected chi connectivity index (χ0v) is 8.03. The highest BCUT2D eigenvalue weighted by Gasteiger charge is 2.16. The molecule has 0 aliphatic carbocycles. The van der Waals surface area contributed by atoms with E-state index >= 15 is 0 Å². The van der Waals surface area contributed by atoms with Gasteiger partial charge in [-0.3, -0.25) is 0 Å². The SMILES string of the molecule is CCC=Cc1ccc(N2CC2)cc1. The van der Waals surface area contributed by atoms with Crippen LogP contribution in [0, 0.1) is 0 Å². The molecule has 1 fully saturated rings. The molecule has 0 spiro atoms. The smallest absolute Gasteiger partial charge is 0.0367 e. The summed E-state index contributed by atoms with van der Waals surface area (Å²) in [4.78, 5) is 2.35. The van der Waals surface area contributed by atoms with Gasteiger partial charge < -0.3 is 4.90 Å². The lowest BCUT2D eigenvalue weighted by atomic mass is 10.2. The second kappa shape index (κ2) is 3.65. The first kappa shape index (κ1) is 8.36. The fourth-order valence-electron chi connectivity index (χ4n) is 1.36. The average Bonchev–Trinajstić information content (AvgIpc) is 2.99. The fraction of sp³-hybridized carbons (Fsp3) is 0.333. The maximum Gasteiger partial charge on any atom is 0.0367 e. The Morgan fingerprint density at radius 2 is 1.92 bits per heavy atom. The molecular formula is C12H15N. The van der Waals surface area contributed by atoms with E-state index < -0.39 is 0 Å². The third-order valence-corrected chi connectivity index (χ3v) is 2.25. The molecule has 2 rings (SSSR count). The molecule has 0 atom stereocenters. The van der Waals surface area contributed by atoms with Gasteiger partial charge in [-0.2, -0.15) is 0 Å². The zero-order chi connectivity index (χ0) is 9.10. The standard InChI is InChI=1S/C12H15N/c1-2-3-4-11-5-7-12(8-6-11)13-9-10-13/h3-8H,2,9-10H2,1H3. The van der Waals surface area contributed by atoms with E-state index in [9.17, 15) is 0 Å². The molecule has 1 aromatic carbocycles. The summed E-state index contributed by atoms with van der Waals surface area (Å²) in [5.41, 5.74) is 2.65. The van der Waals surface area contributed by atoms with E-state index in [0.29, 0.717) is 0 Å². The number of benzene rings is 1. The normalized spacial score (nSPS) is 15.3. The number of hydrogen-bond donors (Lipinski definition) is 0. The molecule has 0 unspecified atom stereocenters. The van der Waals surface area contributed by atoms with Crippen LogP contribution in [0.25, 0.3) is 6.08 Å². The predicted octanol–water partition coefficient (Wildman–Crippen LogP) is 2.93. The van der Waals surface area contributed by atoms with Crippen molar-refractivity contribution in [2.24, 2.45) is 0 Å². The van der Waals surface area contributed by atoms with E-state index in [1.165, 1.54) is 24.3 Å². The molecule has 1 heteroatoms. The molecule has 0 radical (unpaired) electrons. The highest BCUT2D eigenvalue weighted by Crippen LogP contribution is 2.21. The molecule has 1 heterocycles. The topological polar surface area (TPSA) is 3.01 Å². The summed E-state index contributed by atoms with van der Waals surface area (Å²) < 4.78 is 0. The van der Waals surface area contributed by atoms with Gasteiger partial charge in [0.25, 0.3) is 0 Å². The summed E-state index contributed by atoms with van der Waals surface area (Å²) in [5.74, 6) is 0. The van der Waals surface area contributed by atoms with Crippen LogP contribution in [0.4, 0.5) is 5.69 Å². The van der Waals surface area contributed by atoms with Gasteiger partial charge in [0.05, 0.1) is 0 Å². The lowest BCUT2D eigenvalue weighted by molar-refractivity contribution is 1.23. The van der Waals surface area contributed by atoms with Crippen molar-refractivity contribution in [2.45, 2.75) is 13.3 Å². The second-order valence-electron chi connectivity index (χ2n) is 3.39. The lowest BCUT2D eigenvalue weighted by Gasteiger charge is -2.01. The Morgan fingerprint density at radius 3 is 2.46 bits per heavy atom. The summed E-state index contributed by atoms with van der Waals surface area (Å²) in [7, 11) is 0. The molecule has 68 valence electrons. The van der Waals surface area contributed by atoms with Crippen LogP contribution in [-0.2, 0) is 0 Å². The summed E-state index contributed by atoms with van der Waals surface area (Å²) in [5, 5.41) is 0. The Kier molecular flexibility index (Phi) is 2.35. The largest absolute Gasteiger partial charge is 0.368 e. The van der Waals surface area contributed by atoms with Crippen LogP contribution in [0.3, 0.4) is 0 Å². The quantitative estimate of drug-likeness (QED) is 0.635. The summed E-state index contributed by atoms with van der Waals surface area (Å²) in [6.45, 7) is 4.61. The van der Waals surface area contributed by atoms with Gasteiger partial charge in [-0.05, 0) is 24.1 Å². The first-order valence-electron chi connectivity index (χ1n) is 4.91. The van der Waals surface area contributed by atoms with Crippen LogP contribution >= 0.6 is 0 Å². The molecule has 1 aliphatic heterocycles. The second-order valence-corrected chi connectivity index (χ2v) is 3.39. The van der Waals surface area contributed by atoms with E-state index in [2.05, 4.69) is 48.2 Å². The lowest BCUT2D eigenvalue weighted by Crippen LogP contribution is -1.89. The van der Waals surface area contributed by atoms with Gasteiger partial charge in [0.15, 0.2) is 0 Å². The van der Waals surface area contributed by atoms with Crippen LogP contribution in [0.1, 0.15) is 18.9 Å². The Morgan fingerprint density at radius 1 is 1.23 bits per heavy atom. The van der Waals surface area contributed by atoms with Crippen LogP contribution < -0.4 is 4.90 Å². The number of nitrogens with zero attached hydrogens (tertiary/aromatic N) is 1. The van der Waals surface area contributed by atoms with Gasteiger partial charge in [-0.25, -0.2) is 0 Å². The summed E-state index contributed by atoms with van der Waals surface area (Å²) >= 11 is 0. The first-order chi connectivity index (χ1) is 6.40. The van der Waals surface area contributed by atoms with E-state index in [1.54, 1.807) is 0 Å². The van der Waals surface area contributed by atoms with Crippen LogP contribution in [-0.4, -0.2) is 13.1 Å². The Labute approximate surface area is 79.7 Å². The summed E-state index contributed by atoms with van der Waals surface area (Å²) in [6.07, 6.45) is 5.46. The van der Waals surface area contributed by atoms with Crippen molar-refractivity contribution in [3.8, 4) is 0 Å². The van der Waals surface area contributed by atoms with Crippen molar-refractivity contribution in [2.75, 3.05) is 18.0 Å². The Hall–Kier alpha value is -1.24. The van der Waals surface area contributed by atoms with Gasteiger partial charge >= 0.3 is 0 Å². The molecular weight excluding hydrogens is 158 g/mol. The minimum Gasteiger partial charge on any atom is -0.368 e. The third-order valence-electron chi connectivity index (χ3n) is 2.25. The number of anilines is 1. The Bertz CT molecular complexity index is 293. The maximum atomic E-state index is 2.35. The highest BCUT2D eigenvalue weighted by molar-refractivity contribution is 5.58. The van der Waals surface area contributed by atoms with Crippen molar-refractivity contribution in [1.29, 1.82) is 0 Å². The minimum atomic E-state index is 1.11. The van der Waals surface area contributed by atoms with Crippen LogP contribution in [0.15, 0.2) is 30.3 Å². The van der Waals surface area contributed by atoms with E-state index in [-0.39, 0.29) is 0 Å². The van der Waals surface area contributed by atoms with E-state index in [0.717, 1.165) is 6.42 Å². The first-order valence-corrected chi connectivity index (χ1v) is 4.91. The minimum absolute atomic E-state index is 1.11.